The summed E-state index contributed by atoms with van der Waals surface area (Å²) >= 11 is 0. The van der Waals surface area contributed by atoms with Crippen molar-refractivity contribution >= 4 is 10.9 Å². The number of hydrogen-bond donors (Lipinski definition) is 1. The van der Waals surface area contributed by atoms with Crippen LogP contribution < -0.4 is 0 Å². The largest absolute Gasteiger partial charge is 0.418 e. The lowest BCUT2D eigenvalue weighted by atomic mass is 10.1. The molecule has 1 N–H and O–H groups in total. The molecule has 0 fully saturated rings. The molecule has 0 atom stereocenters. The van der Waals surface area contributed by atoms with Crippen LogP contribution in [0.4, 0.5) is 13.2 Å². The molecule has 0 bridgehead atoms. The van der Waals surface area contributed by atoms with Crippen LogP contribution in [-0.2, 0) is 12.6 Å². The zero-order chi connectivity index (χ0) is 15.5. The Bertz CT molecular complexity index is 587. The Kier molecular flexibility index (Phi) is 4.93. The smallest absolute Gasteiger partial charge is 0.360 e. The molecule has 21 heavy (non-hydrogen) atoms. The summed E-state index contributed by atoms with van der Waals surface area (Å²) in [6.07, 6.45) is -0.770. The average molecular weight is 298 g/mol. The van der Waals surface area contributed by atoms with E-state index < -0.39 is 11.7 Å². The number of rotatable bonds is 6. The summed E-state index contributed by atoms with van der Waals surface area (Å²) in [4.78, 5) is 5.11. The minimum absolute atomic E-state index is 0.193. The SMILES string of the molecule is CCCN(CC)CCc1c[nH]c2c(C(F)(F)F)cccc12. The number of fused-ring (bicyclic) bond motifs is 1. The van der Waals surface area contributed by atoms with Crippen molar-refractivity contribution in [1.29, 1.82) is 0 Å². The normalized spacial score (nSPS) is 12.5. The van der Waals surface area contributed by atoms with Gasteiger partial charge in [0.15, 0.2) is 0 Å². The minimum atomic E-state index is -4.32. The van der Waals surface area contributed by atoms with E-state index in [1.807, 2.05) is 0 Å². The van der Waals surface area contributed by atoms with Gasteiger partial charge in [0, 0.05) is 18.1 Å². The molecule has 0 spiro atoms. The van der Waals surface area contributed by atoms with Crippen molar-refractivity contribution in [2.24, 2.45) is 0 Å². The second-order valence-electron chi connectivity index (χ2n) is 5.22. The van der Waals surface area contributed by atoms with E-state index in [4.69, 9.17) is 0 Å². The number of nitrogens with zero attached hydrogens (tertiary/aromatic N) is 1. The lowest BCUT2D eigenvalue weighted by Crippen LogP contribution is -2.26. The van der Waals surface area contributed by atoms with Gasteiger partial charge < -0.3 is 9.88 Å². The van der Waals surface area contributed by atoms with Crippen molar-refractivity contribution in [3.8, 4) is 0 Å². The fraction of sp³-hybridized carbons (Fsp3) is 0.500. The molecule has 1 heterocycles. The van der Waals surface area contributed by atoms with Crippen molar-refractivity contribution in [1.82, 2.24) is 9.88 Å². The number of benzene rings is 1. The van der Waals surface area contributed by atoms with E-state index in [9.17, 15) is 13.2 Å². The molecule has 0 aliphatic heterocycles. The Hall–Kier alpha value is -1.49. The highest BCUT2D eigenvalue weighted by atomic mass is 19.4. The molecule has 1 aromatic heterocycles. The van der Waals surface area contributed by atoms with E-state index in [1.54, 1.807) is 12.3 Å². The molecule has 0 saturated heterocycles. The van der Waals surface area contributed by atoms with Gasteiger partial charge in [0.1, 0.15) is 0 Å². The zero-order valence-corrected chi connectivity index (χ0v) is 12.4. The van der Waals surface area contributed by atoms with Gasteiger partial charge >= 0.3 is 6.18 Å². The third-order valence-corrected chi connectivity index (χ3v) is 3.79. The van der Waals surface area contributed by atoms with Crippen LogP contribution in [0.25, 0.3) is 10.9 Å². The Balaban J connectivity index is 2.23. The van der Waals surface area contributed by atoms with Crippen molar-refractivity contribution in [2.45, 2.75) is 32.9 Å². The van der Waals surface area contributed by atoms with Crippen LogP contribution in [-0.4, -0.2) is 29.5 Å². The molecule has 0 saturated carbocycles. The maximum absolute atomic E-state index is 13.0. The molecular formula is C16H21F3N2. The molecule has 2 aromatic rings. The Labute approximate surface area is 122 Å². The Morgan fingerprint density at radius 3 is 2.52 bits per heavy atom. The van der Waals surface area contributed by atoms with E-state index in [0.29, 0.717) is 5.39 Å². The topological polar surface area (TPSA) is 19.0 Å². The third kappa shape index (κ3) is 3.59. The monoisotopic (exact) mass is 298 g/mol. The fourth-order valence-corrected chi connectivity index (χ4v) is 2.68. The second kappa shape index (κ2) is 6.52. The molecule has 0 unspecified atom stereocenters. The number of aromatic nitrogens is 1. The molecule has 0 aliphatic carbocycles. The van der Waals surface area contributed by atoms with E-state index in [-0.39, 0.29) is 5.52 Å². The second-order valence-corrected chi connectivity index (χ2v) is 5.22. The van der Waals surface area contributed by atoms with Gasteiger partial charge in [-0.05, 0) is 37.6 Å². The molecule has 2 rings (SSSR count). The van der Waals surface area contributed by atoms with Gasteiger partial charge in [-0.15, -0.1) is 0 Å². The van der Waals surface area contributed by atoms with Gasteiger partial charge in [-0.3, -0.25) is 0 Å². The molecular weight excluding hydrogens is 277 g/mol. The number of para-hydroxylation sites is 1. The molecule has 2 nitrogen and oxygen atoms in total. The maximum atomic E-state index is 13.0. The Morgan fingerprint density at radius 1 is 1.14 bits per heavy atom. The predicted octanol–water partition coefficient (Wildman–Crippen LogP) is 4.46. The van der Waals surface area contributed by atoms with Gasteiger partial charge in [-0.2, -0.15) is 13.2 Å². The van der Waals surface area contributed by atoms with Crippen LogP contribution in [0, 0.1) is 0 Å². The summed E-state index contributed by atoms with van der Waals surface area (Å²) in [6.45, 7) is 7.08. The van der Waals surface area contributed by atoms with E-state index in [1.165, 1.54) is 6.07 Å². The van der Waals surface area contributed by atoms with Crippen LogP contribution >= 0.6 is 0 Å². The number of alkyl halides is 3. The molecule has 1 aromatic carbocycles. The van der Waals surface area contributed by atoms with Crippen molar-refractivity contribution in [3.05, 3.63) is 35.5 Å². The number of likely N-dealkylation sites (N-methyl/N-ethyl adjacent to an activating group) is 1. The summed E-state index contributed by atoms with van der Waals surface area (Å²) in [5.41, 5.74) is 0.552. The summed E-state index contributed by atoms with van der Waals surface area (Å²) < 4.78 is 38.9. The fourth-order valence-electron chi connectivity index (χ4n) is 2.68. The van der Waals surface area contributed by atoms with Gasteiger partial charge in [0.2, 0.25) is 0 Å². The first-order valence-electron chi connectivity index (χ1n) is 7.35. The summed E-state index contributed by atoms with van der Waals surface area (Å²) in [5.74, 6) is 0. The maximum Gasteiger partial charge on any atom is 0.418 e. The van der Waals surface area contributed by atoms with Gasteiger partial charge in [0.25, 0.3) is 0 Å². The summed E-state index contributed by atoms with van der Waals surface area (Å²) in [6, 6.07) is 4.36. The number of nitrogens with one attached hydrogen (secondary N) is 1. The molecule has 5 heteroatoms. The van der Waals surface area contributed by atoms with Crippen LogP contribution in [0.1, 0.15) is 31.4 Å². The van der Waals surface area contributed by atoms with Crippen LogP contribution in [0.5, 0.6) is 0 Å². The molecule has 0 aliphatic rings. The lowest BCUT2D eigenvalue weighted by Gasteiger charge is -2.19. The first-order chi connectivity index (χ1) is 9.97. The van der Waals surface area contributed by atoms with E-state index >= 15 is 0 Å². The van der Waals surface area contributed by atoms with E-state index in [2.05, 4.69) is 23.7 Å². The van der Waals surface area contributed by atoms with Crippen molar-refractivity contribution in [3.63, 3.8) is 0 Å². The molecule has 116 valence electrons. The van der Waals surface area contributed by atoms with Gasteiger partial charge in [-0.1, -0.05) is 26.0 Å². The van der Waals surface area contributed by atoms with Gasteiger partial charge in [0.05, 0.1) is 11.1 Å². The zero-order valence-electron chi connectivity index (χ0n) is 12.4. The highest BCUT2D eigenvalue weighted by Gasteiger charge is 2.33. The molecule has 0 amide bonds. The van der Waals surface area contributed by atoms with E-state index in [0.717, 1.165) is 44.1 Å². The van der Waals surface area contributed by atoms with Crippen molar-refractivity contribution < 1.29 is 13.2 Å². The summed E-state index contributed by atoms with van der Waals surface area (Å²) in [5, 5.41) is 0.678. The lowest BCUT2D eigenvalue weighted by molar-refractivity contribution is -0.136. The average Bonchev–Trinajstić information content (AvgIpc) is 2.85. The number of aromatic amines is 1. The third-order valence-electron chi connectivity index (χ3n) is 3.79. The predicted molar refractivity (Wildman–Crippen MR) is 79.4 cm³/mol. The Morgan fingerprint density at radius 2 is 1.90 bits per heavy atom. The minimum Gasteiger partial charge on any atom is -0.360 e. The van der Waals surface area contributed by atoms with Crippen molar-refractivity contribution in [2.75, 3.05) is 19.6 Å². The first-order valence-corrected chi connectivity index (χ1v) is 7.35. The van der Waals surface area contributed by atoms with Crippen LogP contribution in [0.3, 0.4) is 0 Å². The number of H-pyrrole nitrogens is 1. The summed E-state index contributed by atoms with van der Waals surface area (Å²) in [7, 11) is 0. The van der Waals surface area contributed by atoms with Crippen LogP contribution in [0.2, 0.25) is 0 Å². The standard InChI is InChI=1S/C16H21F3N2/c1-3-9-21(4-2)10-8-12-11-20-15-13(12)6-5-7-14(15)16(17,18)19/h5-7,11,20H,3-4,8-10H2,1-2H3. The van der Waals surface area contributed by atoms with Gasteiger partial charge in [-0.25, -0.2) is 0 Å². The first kappa shape index (κ1) is 15.9. The highest BCUT2D eigenvalue weighted by Crippen LogP contribution is 2.35. The number of hydrogen-bond acceptors (Lipinski definition) is 1. The van der Waals surface area contributed by atoms with Crippen LogP contribution in [0.15, 0.2) is 24.4 Å². The molecule has 0 radical (unpaired) electrons. The quantitative estimate of drug-likeness (QED) is 0.834. The highest BCUT2D eigenvalue weighted by molar-refractivity contribution is 5.86. The number of halogens is 3.